The van der Waals surface area contributed by atoms with Crippen LogP contribution in [0.1, 0.15) is 20.7 Å². The number of phenols is 1. The highest BCUT2D eigenvalue weighted by molar-refractivity contribution is 5.98. The molecule has 3 atom stereocenters. The highest BCUT2D eigenvalue weighted by Gasteiger charge is 2.56. The van der Waals surface area contributed by atoms with Gasteiger partial charge < -0.3 is 19.6 Å². The number of fused-ring (bicyclic) bond motifs is 1. The summed E-state index contributed by atoms with van der Waals surface area (Å²) in [4.78, 5) is 28.2. The van der Waals surface area contributed by atoms with Gasteiger partial charge in [0.25, 0.3) is 5.91 Å². The molecule has 1 aliphatic heterocycles. The van der Waals surface area contributed by atoms with Crippen LogP contribution in [0, 0.1) is 17.8 Å². The minimum atomic E-state index is -0.565. The summed E-state index contributed by atoms with van der Waals surface area (Å²) in [5.41, 5.74) is 0.515. The fourth-order valence-electron chi connectivity index (χ4n) is 3.66. The van der Waals surface area contributed by atoms with Gasteiger partial charge in [0.05, 0.1) is 12.7 Å². The van der Waals surface area contributed by atoms with Gasteiger partial charge in [0.15, 0.2) is 0 Å². The Morgan fingerprint density at radius 2 is 1.83 bits per heavy atom. The minimum absolute atomic E-state index is 0.105. The second-order valence-electron chi connectivity index (χ2n) is 6.72. The Labute approximate surface area is 135 Å². The number of methoxy groups -OCH3 is 1. The molecule has 1 saturated carbocycles. The van der Waals surface area contributed by atoms with Crippen molar-refractivity contribution in [3.8, 4) is 5.75 Å². The molecule has 0 spiro atoms. The van der Waals surface area contributed by atoms with E-state index < -0.39 is 5.97 Å². The first-order valence-electron chi connectivity index (χ1n) is 7.77. The summed E-state index contributed by atoms with van der Waals surface area (Å²) in [6, 6.07) is 4.18. The van der Waals surface area contributed by atoms with Crippen LogP contribution in [-0.2, 0) is 4.74 Å². The smallest absolute Gasteiger partial charge is 0.338 e. The van der Waals surface area contributed by atoms with Gasteiger partial charge in [-0.25, -0.2) is 4.79 Å². The van der Waals surface area contributed by atoms with E-state index in [2.05, 4.69) is 23.7 Å². The molecule has 23 heavy (non-hydrogen) atoms. The number of esters is 1. The Balaban J connectivity index is 1.69. The maximum Gasteiger partial charge on any atom is 0.338 e. The van der Waals surface area contributed by atoms with Crippen LogP contribution in [0.25, 0.3) is 0 Å². The zero-order valence-electron chi connectivity index (χ0n) is 13.7. The number of ether oxygens (including phenoxy) is 1. The lowest BCUT2D eigenvalue weighted by Gasteiger charge is -2.21. The van der Waals surface area contributed by atoms with Crippen molar-refractivity contribution in [2.24, 2.45) is 17.8 Å². The van der Waals surface area contributed by atoms with Crippen LogP contribution in [0.15, 0.2) is 18.2 Å². The third-order valence-corrected chi connectivity index (χ3v) is 4.82. The molecule has 0 radical (unpaired) electrons. The molecule has 1 N–H and O–H groups in total. The average Bonchev–Trinajstić information content (AvgIpc) is 2.96. The lowest BCUT2D eigenvalue weighted by molar-refractivity contribution is 0.0600. The van der Waals surface area contributed by atoms with Crippen LogP contribution in [0.4, 0.5) is 0 Å². The van der Waals surface area contributed by atoms with Gasteiger partial charge in [-0.1, -0.05) is 0 Å². The summed E-state index contributed by atoms with van der Waals surface area (Å²) in [7, 11) is 5.41. The molecule has 1 amide bonds. The number of piperidine rings is 1. The van der Waals surface area contributed by atoms with E-state index in [1.807, 2.05) is 4.90 Å². The van der Waals surface area contributed by atoms with E-state index in [1.165, 1.54) is 25.3 Å². The van der Waals surface area contributed by atoms with Gasteiger partial charge in [0.1, 0.15) is 5.75 Å². The largest absolute Gasteiger partial charge is 0.508 e. The molecule has 6 heteroatoms. The van der Waals surface area contributed by atoms with E-state index in [9.17, 15) is 14.7 Å². The van der Waals surface area contributed by atoms with E-state index in [-0.39, 0.29) is 17.2 Å². The second-order valence-corrected chi connectivity index (χ2v) is 6.72. The normalized spacial score (nSPS) is 25.4. The van der Waals surface area contributed by atoms with Gasteiger partial charge in [0, 0.05) is 25.2 Å². The molecular formula is C17H22N2O4. The van der Waals surface area contributed by atoms with Crippen LogP contribution in [0.3, 0.4) is 0 Å². The van der Waals surface area contributed by atoms with Gasteiger partial charge in [0.2, 0.25) is 0 Å². The maximum absolute atomic E-state index is 12.6. The van der Waals surface area contributed by atoms with Crippen molar-refractivity contribution in [1.29, 1.82) is 0 Å². The quantitative estimate of drug-likeness (QED) is 0.841. The Morgan fingerprint density at radius 3 is 2.39 bits per heavy atom. The van der Waals surface area contributed by atoms with Crippen molar-refractivity contribution in [1.82, 2.24) is 9.80 Å². The molecular weight excluding hydrogens is 296 g/mol. The maximum atomic E-state index is 12.6. The molecule has 124 valence electrons. The standard InChI is InChI=1S/C17H22N2O4/c1-18(2)7-13-14-8-19(9-15(13)14)16(21)10-4-11(17(22)23-3)6-12(20)5-10/h4-6,13-15,20H,7-9H2,1-3H3/t13?,14-,15+. The summed E-state index contributed by atoms with van der Waals surface area (Å²) in [6.07, 6.45) is 0. The number of hydrogen-bond acceptors (Lipinski definition) is 5. The van der Waals surface area contributed by atoms with E-state index in [4.69, 9.17) is 0 Å². The predicted octanol–water partition coefficient (Wildman–Crippen LogP) is 1.06. The Bertz CT molecular complexity index is 631. The summed E-state index contributed by atoms with van der Waals surface area (Å²) in [6.45, 7) is 2.58. The minimum Gasteiger partial charge on any atom is -0.508 e. The third-order valence-electron chi connectivity index (χ3n) is 4.82. The summed E-state index contributed by atoms with van der Waals surface area (Å²) in [5, 5.41) is 9.75. The number of benzene rings is 1. The number of rotatable bonds is 4. The monoisotopic (exact) mass is 318 g/mol. The number of carbonyl (C=O) groups excluding carboxylic acids is 2. The molecule has 2 aliphatic rings. The highest BCUT2D eigenvalue weighted by Crippen LogP contribution is 2.52. The molecule has 3 rings (SSSR count). The molecule has 1 saturated heterocycles. The number of amides is 1. The number of likely N-dealkylation sites (tertiary alicyclic amines) is 1. The highest BCUT2D eigenvalue weighted by atomic mass is 16.5. The third kappa shape index (κ3) is 3.03. The topological polar surface area (TPSA) is 70.1 Å². The van der Waals surface area contributed by atoms with Crippen LogP contribution in [-0.4, -0.2) is 67.6 Å². The van der Waals surface area contributed by atoms with Gasteiger partial charge in [-0.3, -0.25) is 4.79 Å². The zero-order chi connectivity index (χ0) is 16.7. The average molecular weight is 318 g/mol. The first kappa shape index (κ1) is 15.8. The Morgan fingerprint density at radius 1 is 1.22 bits per heavy atom. The molecule has 0 bridgehead atoms. The van der Waals surface area contributed by atoms with E-state index in [0.29, 0.717) is 23.3 Å². The van der Waals surface area contributed by atoms with Gasteiger partial charge in [-0.2, -0.15) is 0 Å². The molecule has 1 aromatic rings. The first-order valence-corrected chi connectivity index (χ1v) is 7.77. The molecule has 6 nitrogen and oxygen atoms in total. The van der Waals surface area contributed by atoms with Crippen molar-refractivity contribution in [3.63, 3.8) is 0 Å². The fourth-order valence-corrected chi connectivity index (χ4v) is 3.66. The second kappa shape index (κ2) is 5.85. The fraction of sp³-hybridized carbons (Fsp3) is 0.529. The number of carbonyl (C=O) groups is 2. The predicted molar refractivity (Wildman–Crippen MR) is 84.4 cm³/mol. The van der Waals surface area contributed by atoms with E-state index in [0.717, 1.165) is 19.6 Å². The molecule has 1 aliphatic carbocycles. The lowest BCUT2D eigenvalue weighted by atomic mass is 10.1. The Hall–Kier alpha value is -2.08. The van der Waals surface area contributed by atoms with Gasteiger partial charge >= 0.3 is 5.97 Å². The van der Waals surface area contributed by atoms with Crippen LogP contribution < -0.4 is 0 Å². The zero-order valence-corrected chi connectivity index (χ0v) is 13.7. The first-order chi connectivity index (χ1) is 10.9. The Kier molecular flexibility index (Phi) is 4.02. The van der Waals surface area contributed by atoms with Crippen molar-refractivity contribution < 1.29 is 19.4 Å². The lowest BCUT2D eigenvalue weighted by Crippen LogP contribution is -2.33. The molecule has 1 aromatic carbocycles. The van der Waals surface area contributed by atoms with Crippen molar-refractivity contribution >= 4 is 11.9 Å². The van der Waals surface area contributed by atoms with E-state index >= 15 is 0 Å². The number of phenolic OH excluding ortho intramolecular Hbond substituents is 1. The molecule has 0 aromatic heterocycles. The van der Waals surface area contributed by atoms with E-state index in [1.54, 1.807) is 0 Å². The summed E-state index contributed by atoms with van der Waals surface area (Å²) in [5.74, 6) is 1.04. The van der Waals surface area contributed by atoms with Crippen molar-refractivity contribution in [2.45, 2.75) is 0 Å². The van der Waals surface area contributed by atoms with Crippen molar-refractivity contribution in [2.75, 3.05) is 40.8 Å². The van der Waals surface area contributed by atoms with Crippen LogP contribution >= 0.6 is 0 Å². The number of aromatic hydroxyl groups is 1. The van der Waals surface area contributed by atoms with Crippen LogP contribution in [0.5, 0.6) is 5.75 Å². The van der Waals surface area contributed by atoms with Gasteiger partial charge in [-0.05, 0) is 50.0 Å². The van der Waals surface area contributed by atoms with Crippen molar-refractivity contribution in [3.05, 3.63) is 29.3 Å². The summed E-state index contributed by atoms with van der Waals surface area (Å²) >= 11 is 0. The summed E-state index contributed by atoms with van der Waals surface area (Å²) < 4.78 is 4.65. The molecule has 2 fully saturated rings. The van der Waals surface area contributed by atoms with Crippen LogP contribution in [0.2, 0.25) is 0 Å². The number of nitrogens with zero attached hydrogens (tertiary/aromatic N) is 2. The number of hydrogen-bond donors (Lipinski definition) is 1. The SMILES string of the molecule is COC(=O)c1cc(O)cc(C(=O)N2C[C@@H]3C(CN(C)C)[C@@H]3C2)c1. The molecule has 1 unspecified atom stereocenters. The molecule has 1 heterocycles. The van der Waals surface area contributed by atoms with Gasteiger partial charge in [-0.15, -0.1) is 0 Å².